The number of nitrogens with two attached hydrogens (primary N) is 1. The van der Waals surface area contributed by atoms with Gasteiger partial charge in [-0.15, -0.1) is 0 Å². The number of ether oxygens (including phenoxy) is 1. The maximum absolute atomic E-state index is 12.2. The minimum atomic E-state index is -0.794. The van der Waals surface area contributed by atoms with Crippen LogP contribution < -0.4 is 5.73 Å². The van der Waals surface area contributed by atoms with Crippen molar-refractivity contribution in [2.75, 3.05) is 19.7 Å². The van der Waals surface area contributed by atoms with Crippen molar-refractivity contribution in [2.45, 2.75) is 57.5 Å². The van der Waals surface area contributed by atoms with Crippen LogP contribution in [0.2, 0.25) is 0 Å². The second-order valence-electron chi connectivity index (χ2n) is 6.37. The fraction of sp³-hybridized carbons (Fsp3) is 0.929. The van der Waals surface area contributed by atoms with Crippen molar-refractivity contribution in [2.24, 2.45) is 11.7 Å². The Morgan fingerprint density at radius 3 is 2.61 bits per heavy atom. The van der Waals surface area contributed by atoms with Crippen LogP contribution in [0.5, 0.6) is 0 Å². The minimum Gasteiger partial charge on any atom is -0.465 e. The van der Waals surface area contributed by atoms with Crippen molar-refractivity contribution >= 4 is 5.97 Å². The van der Waals surface area contributed by atoms with E-state index in [-0.39, 0.29) is 11.5 Å². The molecule has 2 aliphatic rings. The average molecular weight is 254 g/mol. The number of nitrogens with zero attached hydrogens (tertiary/aromatic N) is 1. The van der Waals surface area contributed by atoms with E-state index in [1.54, 1.807) is 0 Å². The predicted molar refractivity (Wildman–Crippen MR) is 71.2 cm³/mol. The Kier molecular flexibility index (Phi) is 3.70. The summed E-state index contributed by atoms with van der Waals surface area (Å²) in [6.45, 7) is 8.40. The summed E-state index contributed by atoms with van der Waals surface area (Å²) in [7, 11) is 0. The van der Waals surface area contributed by atoms with Gasteiger partial charge in [-0.05, 0) is 58.9 Å². The first-order chi connectivity index (χ1) is 8.40. The first kappa shape index (κ1) is 13.8. The first-order valence-corrected chi connectivity index (χ1v) is 7.11. The Balaban J connectivity index is 2.08. The summed E-state index contributed by atoms with van der Waals surface area (Å²) in [4.78, 5) is 14.5. The Labute approximate surface area is 110 Å². The molecule has 1 unspecified atom stereocenters. The molecule has 2 fully saturated rings. The summed E-state index contributed by atoms with van der Waals surface area (Å²) in [5, 5.41) is 0. The van der Waals surface area contributed by atoms with Crippen molar-refractivity contribution in [3.63, 3.8) is 0 Å². The van der Waals surface area contributed by atoms with Gasteiger partial charge >= 0.3 is 5.97 Å². The SMILES string of the molecule is CCOC(=O)C(N)(CN1CCCC1(C)C)C1CC1. The van der Waals surface area contributed by atoms with Crippen LogP contribution in [0.4, 0.5) is 0 Å². The topological polar surface area (TPSA) is 55.6 Å². The van der Waals surface area contributed by atoms with E-state index in [0.717, 1.165) is 19.4 Å². The Bertz CT molecular complexity index is 326. The molecule has 2 N–H and O–H groups in total. The molecule has 0 radical (unpaired) electrons. The lowest BCUT2D eigenvalue weighted by Crippen LogP contribution is -2.60. The van der Waals surface area contributed by atoms with Crippen LogP contribution in [0.25, 0.3) is 0 Å². The van der Waals surface area contributed by atoms with Gasteiger partial charge in [0.1, 0.15) is 5.54 Å². The molecule has 0 aromatic carbocycles. The van der Waals surface area contributed by atoms with Crippen LogP contribution in [0.15, 0.2) is 0 Å². The van der Waals surface area contributed by atoms with Gasteiger partial charge in [-0.2, -0.15) is 0 Å². The summed E-state index contributed by atoms with van der Waals surface area (Å²) < 4.78 is 5.20. The van der Waals surface area contributed by atoms with Gasteiger partial charge in [0.25, 0.3) is 0 Å². The van der Waals surface area contributed by atoms with Crippen molar-refractivity contribution in [3.8, 4) is 0 Å². The van der Waals surface area contributed by atoms with Crippen LogP contribution in [0.1, 0.15) is 46.5 Å². The molecule has 1 aliphatic carbocycles. The summed E-state index contributed by atoms with van der Waals surface area (Å²) in [5.74, 6) is 0.100. The standard InChI is InChI=1S/C14H26N2O2/c1-4-18-12(17)14(15,11-6-7-11)10-16-9-5-8-13(16,2)3/h11H,4-10,15H2,1-3H3. The third kappa shape index (κ3) is 2.54. The lowest BCUT2D eigenvalue weighted by molar-refractivity contribution is -0.151. The van der Waals surface area contributed by atoms with Gasteiger partial charge in [0, 0.05) is 12.1 Å². The maximum atomic E-state index is 12.2. The van der Waals surface area contributed by atoms with Gasteiger partial charge in [0.2, 0.25) is 0 Å². The number of likely N-dealkylation sites (tertiary alicyclic amines) is 1. The molecule has 0 aromatic heterocycles. The molecule has 1 saturated heterocycles. The van der Waals surface area contributed by atoms with Crippen LogP contribution in [0, 0.1) is 5.92 Å². The molecule has 18 heavy (non-hydrogen) atoms. The van der Waals surface area contributed by atoms with E-state index in [0.29, 0.717) is 19.1 Å². The molecule has 4 heteroatoms. The van der Waals surface area contributed by atoms with Gasteiger partial charge in [-0.3, -0.25) is 4.90 Å². The molecular weight excluding hydrogens is 228 g/mol. The zero-order valence-corrected chi connectivity index (χ0v) is 11.9. The highest BCUT2D eigenvalue weighted by molar-refractivity contribution is 5.82. The van der Waals surface area contributed by atoms with Crippen LogP contribution in [-0.2, 0) is 9.53 Å². The zero-order valence-electron chi connectivity index (χ0n) is 11.9. The number of hydrogen-bond acceptors (Lipinski definition) is 4. The summed E-state index contributed by atoms with van der Waals surface area (Å²) in [6.07, 6.45) is 4.49. The third-order valence-corrected chi connectivity index (χ3v) is 4.49. The largest absolute Gasteiger partial charge is 0.465 e. The second kappa shape index (κ2) is 4.82. The van der Waals surface area contributed by atoms with Gasteiger partial charge in [-0.1, -0.05) is 0 Å². The number of rotatable bonds is 5. The van der Waals surface area contributed by atoms with E-state index in [9.17, 15) is 4.79 Å². The van der Waals surface area contributed by atoms with Crippen molar-refractivity contribution in [3.05, 3.63) is 0 Å². The average Bonchev–Trinajstić information content (AvgIpc) is 3.07. The highest BCUT2D eigenvalue weighted by Crippen LogP contribution is 2.41. The number of carbonyl (C=O) groups is 1. The van der Waals surface area contributed by atoms with Gasteiger partial charge in [-0.25, -0.2) is 4.79 Å². The van der Waals surface area contributed by atoms with E-state index < -0.39 is 5.54 Å². The minimum absolute atomic E-state index is 0.159. The van der Waals surface area contributed by atoms with E-state index in [1.165, 1.54) is 12.8 Å². The summed E-state index contributed by atoms with van der Waals surface area (Å²) in [5.41, 5.74) is 5.78. The quantitative estimate of drug-likeness (QED) is 0.756. The second-order valence-corrected chi connectivity index (χ2v) is 6.37. The van der Waals surface area contributed by atoms with E-state index in [4.69, 9.17) is 10.5 Å². The molecule has 0 aromatic rings. The normalized spacial score (nSPS) is 26.9. The predicted octanol–water partition coefficient (Wildman–Crippen LogP) is 1.53. The molecule has 0 spiro atoms. The molecule has 0 bridgehead atoms. The fourth-order valence-corrected chi connectivity index (χ4v) is 3.00. The third-order valence-electron chi connectivity index (χ3n) is 4.49. The van der Waals surface area contributed by atoms with Gasteiger partial charge in [0.15, 0.2) is 0 Å². The molecule has 104 valence electrons. The zero-order chi connectivity index (χ0) is 13.4. The highest BCUT2D eigenvalue weighted by Gasteiger charge is 2.51. The van der Waals surface area contributed by atoms with Crippen LogP contribution in [-0.4, -0.2) is 41.6 Å². The Morgan fingerprint density at radius 2 is 2.17 bits per heavy atom. The highest BCUT2D eigenvalue weighted by atomic mass is 16.5. The lowest BCUT2D eigenvalue weighted by Gasteiger charge is -2.38. The fourth-order valence-electron chi connectivity index (χ4n) is 3.00. The number of hydrogen-bond donors (Lipinski definition) is 1. The molecular formula is C14H26N2O2. The van der Waals surface area contributed by atoms with Gasteiger partial charge < -0.3 is 10.5 Å². The molecule has 1 aliphatic heterocycles. The maximum Gasteiger partial charge on any atom is 0.327 e. The van der Waals surface area contributed by atoms with E-state index >= 15 is 0 Å². The smallest absolute Gasteiger partial charge is 0.327 e. The molecule has 0 amide bonds. The Morgan fingerprint density at radius 1 is 1.50 bits per heavy atom. The van der Waals surface area contributed by atoms with Gasteiger partial charge in [0.05, 0.1) is 6.61 Å². The monoisotopic (exact) mass is 254 g/mol. The van der Waals surface area contributed by atoms with E-state index in [2.05, 4.69) is 18.7 Å². The van der Waals surface area contributed by atoms with Crippen LogP contribution in [0.3, 0.4) is 0 Å². The molecule has 1 atom stereocenters. The van der Waals surface area contributed by atoms with Crippen molar-refractivity contribution in [1.29, 1.82) is 0 Å². The summed E-state index contributed by atoms with van der Waals surface area (Å²) in [6, 6.07) is 0. The van der Waals surface area contributed by atoms with Crippen LogP contribution >= 0.6 is 0 Å². The van der Waals surface area contributed by atoms with Crippen molar-refractivity contribution < 1.29 is 9.53 Å². The number of esters is 1. The molecule has 1 saturated carbocycles. The lowest BCUT2D eigenvalue weighted by atomic mass is 9.91. The Hall–Kier alpha value is -0.610. The number of carbonyl (C=O) groups excluding carboxylic acids is 1. The summed E-state index contributed by atoms with van der Waals surface area (Å²) >= 11 is 0. The molecule has 2 rings (SSSR count). The van der Waals surface area contributed by atoms with E-state index in [1.807, 2.05) is 6.92 Å². The van der Waals surface area contributed by atoms with Crippen molar-refractivity contribution in [1.82, 2.24) is 4.90 Å². The first-order valence-electron chi connectivity index (χ1n) is 7.11. The molecule has 1 heterocycles. The molecule has 4 nitrogen and oxygen atoms in total.